The molecule has 8 heteroatoms. The van der Waals surface area contributed by atoms with E-state index in [4.69, 9.17) is 9.47 Å². The summed E-state index contributed by atoms with van der Waals surface area (Å²) >= 11 is 0. The second kappa shape index (κ2) is 9.82. The quantitative estimate of drug-likeness (QED) is 0.683. The third-order valence-electron chi connectivity index (χ3n) is 5.48. The van der Waals surface area contributed by atoms with Crippen molar-refractivity contribution in [2.45, 2.75) is 43.5 Å². The Balaban J connectivity index is 1.74. The molecule has 3 rings (SSSR count). The molecule has 0 N–H and O–H groups in total. The molecular formula is C20H30N2O5S. The zero-order valence-corrected chi connectivity index (χ0v) is 17.3. The van der Waals surface area contributed by atoms with E-state index in [9.17, 15) is 13.2 Å². The largest absolute Gasteiger partial charge is 0.381 e. The number of carbonyl (C=O) groups excluding carboxylic acids is 1. The smallest absolute Gasteiger partial charge is 0.249 e. The van der Waals surface area contributed by atoms with Gasteiger partial charge in [0.25, 0.3) is 0 Å². The summed E-state index contributed by atoms with van der Waals surface area (Å²) in [5, 5.41) is 0. The van der Waals surface area contributed by atoms with Gasteiger partial charge in [-0.1, -0.05) is 30.3 Å². The lowest BCUT2D eigenvalue weighted by Gasteiger charge is -2.43. The third-order valence-corrected chi connectivity index (χ3v) is 7.29. The van der Waals surface area contributed by atoms with Crippen molar-refractivity contribution < 1.29 is 22.7 Å². The second-order valence-corrected chi connectivity index (χ2v) is 9.44. The molecule has 1 amide bonds. The van der Waals surface area contributed by atoms with Crippen LogP contribution in [0, 0.1) is 0 Å². The van der Waals surface area contributed by atoms with E-state index in [-0.39, 0.29) is 30.4 Å². The Bertz CT molecular complexity index is 734. The van der Waals surface area contributed by atoms with E-state index in [1.807, 2.05) is 35.2 Å². The van der Waals surface area contributed by atoms with Crippen molar-refractivity contribution >= 4 is 15.9 Å². The van der Waals surface area contributed by atoms with E-state index in [0.717, 1.165) is 31.2 Å². The lowest BCUT2D eigenvalue weighted by molar-refractivity contribution is -0.143. The van der Waals surface area contributed by atoms with E-state index in [0.29, 0.717) is 26.3 Å². The molecule has 0 aliphatic carbocycles. The molecule has 2 saturated heterocycles. The number of nitrogens with zero attached hydrogens (tertiary/aromatic N) is 2. The van der Waals surface area contributed by atoms with Crippen molar-refractivity contribution in [2.75, 3.05) is 40.0 Å². The number of hydrogen-bond acceptors (Lipinski definition) is 5. The van der Waals surface area contributed by atoms with Gasteiger partial charge in [0, 0.05) is 45.5 Å². The summed E-state index contributed by atoms with van der Waals surface area (Å²) < 4.78 is 38.0. The van der Waals surface area contributed by atoms with Gasteiger partial charge in [0.15, 0.2) is 0 Å². The highest BCUT2D eigenvalue weighted by atomic mass is 32.2. The Morgan fingerprint density at radius 1 is 1.18 bits per heavy atom. The SMILES string of the molecule is COCC(=O)N(C1CCOCC1)C1CCCN(S(=O)(=O)Cc2ccccc2)C1. The van der Waals surface area contributed by atoms with Crippen molar-refractivity contribution in [2.24, 2.45) is 0 Å². The first kappa shape index (κ1) is 21.2. The van der Waals surface area contributed by atoms with Gasteiger partial charge in [-0.2, -0.15) is 4.31 Å². The van der Waals surface area contributed by atoms with Crippen LogP contribution in [-0.2, 0) is 30.0 Å². The molecule has 2 heterocycles. The number of methoxy groups -OCH3 is 1. The number of piperidine rings is 1. The molecule has 156 valence electrons. The highest BCUT2D eigenvalue weighted by Crippen LogP contribution is 2.26. The first-order valence-corrected chi connectivity index (χ1v) is 11.5. The van der Waals surface area contributed by atoms with Crippen LogP contribution in [0.5, 0.6) is 0 Å². The number of sulfonamides is 1. The fraction of sp³-hybridized carbons (Fsp3) is 0.650. The summed E-state index contributed by atoms with van der Waals surface area (Å²) in [6.07, 6.45) is 3.12. The predicted molar refractivity (Wildman–Crippen MR) is 106 cm³/mol. The first-order chi connectivity index (χ1) is 13.5. The number of amides is 1. The average Bonchev–Trinajstić information content (AvgIpc) is 2.70. The maximum absolute atomic E-state index is 13.0. The molecule has 7 nitrogen and oxygen atoms in total. The molecule has 2 aliphatic rings. The van der Waals surface area contributed by atoms with Gasteiger partial charge in [-0.3, -0.25) is 4.79 Å². The Morgan fingerprint density at radius 2 is 1.89 bits per heavy atom. The molecule has 0 bridgehead atoms. The van der Waals surface area contributed by atoms with Gasteiger partial charge >= 0.3 is 0 Å². The number of benzene rings is 1. The molecule has 0 aromatic heterocycles. The van der Waals surface area contributed by atoms with E-state index >= 15 is 0 Å². The summed E-state index contributed by atoms with van der Waals surface area (Å²) in [4.78, 5) is 14.7. The monoisotopic (exact) mass is 410 g/mol. The summed E-state index contributed by atoms with van der Waals surface area (Å²) in [6.45, 7) is 2.13. The van der Waals surface area contributed by atoms with Crippen LogP contribution in [0.1, 0.15) is 31.2 Å². The van der Waals surface area contributed by atoms with Gasteiger partial charge in [0.1, 0.15) is 6.61 Å². The Morgan fingerprint density at radius 3 is 2.57 bits per heavy atom. The molecule has 2 fully saturated rings. The van der Waals surface area contributed by atoms with Crippen LogP contribution in [0.15, 0.2) is 30.3 Å². The Hall–Kier alpha value is -1.48. The van der Waals surface area contributed by atoms with E-state index in [2.05, 4.69) is 0 Å². The minimum atomic E-state index is -3.43. The number of ether oxygens (including phenoxy) is 2. The molecule has 1 atom stereocenters. The maximum atomic E-state index is 13.0. The molecule has 1 aromatic carbocycles. The molecule has 2 aliphatic heterocycles. The van der Waals surface area contributed by atoms with Crippen molar-refractivity contribution in [3.05, 3.63) is 35.9 Å². The second-order valence-electron chi connectivity index (χ2n) is 7.47. The van der Waals surface area contributed by atoms with Gasteiger partial charge in [-0.25, -0.2) is 8.42 Å². The lowest BCUT2D eigenvalue weighted by atomic mass is 9.99. The maximum Gasteiger partial charge on any atom is 0.249 e. The fourth-order valence-corrected chi connectivity index (χ4v) is 5.75. The summed E-state index contributed by atoms with van der Waals surface area (Å²) in [5.74, 6) is -0.0779. The number of rotatable bonds is 7. The number of hydrogen-bond donors (Lipinski definition) is 0. The molecule has 1 aromatic rings. The van der Waals surface area contributed by atoms with Crippen LogP contribution in [0.3, 0.4) is 0 Å². The minimum absolute atomic E-state index is 0.0101. The molecular weight excluding hydrogens is 380 g/mol. The van der Waals surface area contributed by atoms with Gasteiger partial charge in [0.2, 0.25) is 15.9 Å². The summed E-state index contributed by atoms with van der Waals surface area (Å²) in [5.41, 5.74) is 0.779. The molecule has 0 saturated carbocycles. The van der Waals surface area contributed by atoms with Crippen molar-refractivity contribution in [1.82, 2.24) is 9.21 Å². The minimum Gasteiger partial charge on any atom is -0.381 e. The summed E-state index contributed by atoms with van der Waals surface area (Å²) in [7, 11) is -1.92. The normalized spacial score (nSPS) is 22.1. The average molecular weight is 411 g/mol. The molecule has 1 unspecified atom stereocenters. The van der Waals surface area contributed by atoms with Crippen molar-refractivity contribution in [3.8, 4) is 0 Å². The fourth-order valence-electron chi connectivity index (χ4n) is 4.14. The van der Waals surface area contributed by atoms with Gasteiger partial charge in [-0.15, -0.1) is 0 Å². The highest BCUT2D eigenvalue weighted by Gasteiger charge is 2.37. The van der Waals surface area contributed by atoms with Crippen molar-refractivity contribution in [1.29, 1.82) is 0 Å². The Kier molecular flexibility index (Phi) is 7.45. The number of carbonyl (C=O) groups is 1. The van der Waals surface area contributed by atoms with E-state index in [1.165, 1.54) is 7.11 Å². The first-order valence-electron chi connectivity index (χ1n) is 9.91. The van der Waals surface area contributed by atoms with Crippen LogP contribution in [0.4, 0.5) is 0 Å². The Labute approximate surface area is 167 Å². The van der Waals surface area contributed by atoms with Crippen LogP contribution in [-0.4, -0.2) is 75.6 Å². The predicted octanol–water partition coefficient (Wildman–Crippen LogP) is 1.63. The zero-order valence-electron chi connectivity index (χ0n) is 16.5. The van der Waals surface area contributed by atoms with Crippen LogP contribution in [0.25, 0.3) is 0 Å². The molecule has 28 heavy (non-hydrogen) atoms. The van der Waals surface area contributed by atoms with Gasteiger partial charge in [-0.05, 0) is 31.2 Å². The van der Waals surface area contributed by atoms with Crippen LogP contribution < -0.4 is 0 Å². The highest BCUT2D eigenvalue weighted by molar-refractivity contribution is 7.88. The van der Waals surface area contributed by atoms with E-state index < -0.39 is 10.0 Å². The topological polar surface area (TPSA) is 76.2 Å². The zero-order chi connectivity index (χ0) is 20.0. The molecule has 0 spiro atoms. The molecule has 0 radical (unpaired) electrons. The van der Waals surface area contributed by atoms with Crippen LogP contribution >= 0.6 is 0 Å². The van der Waals surface area contributed by atoms with E-state index in [1.54, 1.807) is 4.31 Å². The summed E-state index contributed by atoms with van der Waals surface area (Å²) in [6, 6.07) is 9.19. The van der Waals surface area contributed by atoms with Gasteiger partial charge < -0.3 is 14.4 Å². The lowest BCUT2D eigenvalue weighted by Crippen LogP contribution is -2.56. The van der Waals surface area contributed by atoms with Crippen LogP contribution in [0.2, 0.25) is 0 Å². The van der Waals surface area contributed by atoms with Gasteiger partial charge in [0.05, 0.1) is 5.75 Å². The standard InChI is InChI=1S/C20H30N2O5S/c1-26-15-20(23)22(18-9-12-27-13-10-18)19-8-5-11-21(14-19)28(24,25)16-17-6-3-2-4-7-17/h2-4,6-7,18-19H,5,8-16H2,1H3. The third kappa shape index (κ3) is 5.31. The van der Waals surface area contributed by atoms with Crippen molar-refractivity contribution in [3.63, 3.8) is 0 Å².